The summed E-state index contributed by atoms with van der Waals surface area (Å²) in [7, 11) is 0. The van der Waals surface area contributed by atoms with E-state index in [1.165, 1.54) is 0 Å². The molecule has 0 aliphatic heterocycles. The fourth-order valence-electron chi connectivity index (χ4n) is 1.25. The summed E-state index contributed by atoms with van der Waals surface area (Å²) in [6.45, 7) is 2.12. The molecule has 6 heteroatoms. The molecule has 0 unspecified atom stereocenters. The van der Waals surface area contributed by atoms with Crippen molar-refractivity contribution < 1.29 is 18.4 Å². The standard InChI is InChI=1S/C12H14F2N2O2/c1-2-5-15-11(17)7-16-12(18)9-6-8(13)3-4-10(9)14/h3-4,6H,2,5,7H2,1H3,(H,15,17)(H,16,18). The molecule has 0 aromatic heterocycles. The van der Waals surface area contributed by atoms with Crippen molar-refractivity contribution in [2.45, 2.75) is 13.3 Å². The Morgan fingerprint density at radius 1 is 1.22 bits per heavy atom. The molecule has 0 saturated carbocycles. The van der Waals surface area contributed by atoms with Crippen LogP contribution < -0.4 is 10.6 Å². The van der Waals surface area contributed by atoms with Crippen molar-refractivity contribution in [1.82, 2.24) is 10.6 Å². The number of hydrogen-bond donors (Lipinski definition) is 2. The third-order valence-corrected chi connectivity index (χ3v) is 2.15. The number of benzene rings is 1. The molecule has 1 aromatic rings. The Morgan fingerprint density at radius 2 is 1.94 bits per heavy atom. The van der Waals surface area contributed by atoms with Crippen molar-refractivity contribution in [3.63, 3.8) is 0 Å². The van der Waals surface area contributed by atoms with E-state index in [4.69, 9.17) is 0 Å². The monoisotopic (exact) mass is 256 g/mol. The molecule has 98 valence electrons. The maximum Gasteiger partial charge on any atom is 0.254 e. The SMILES string of the molecule is CCCNC(=O)CNC(=O)c1cc(F)ccc1F. The molecule has 1 rings (SSSR count). The molecule has 18 heavy (non-hydrogen) atoms. The van der Waals surface area contributed by atoms with Crippen LogP contribution in [0.2, 0.25) is 0 Å². The number of halogens is 2. The molecule has 0 spiro atoms. The predicted molar refractivity (Wildman–Crippen MR) is 62.0 cm³/mol. The molecule has 0 saturated heterocycles. The Morgan fingerprint density at radius 3 is 2.61 bits per heavy atom. The van der Waals surface area contributed by atoms with Gasteiger partial charge in [-0.15, -0.1) is 0 Å². The Balaban J connectivity index is 2.55. The molecule has 4 nitrogen and oxygen atoms in total. The van der Waals surface area contributed by atoms with Crippen LogP contribution >= 0.6 is 0 Å². The largest absolute Gasteiger partial charge is 0.355 e. The van der Waals surface area contributed by atoms with Crippen LogP contribution in [0.1, 0.15) is 23.7 Å². The van der Waals surface area contributed by atoms with Gasteiger partial charge in [0.1, 0.15) is 11.6 Å². The Labute approximate surface area is 103 Å². The molecule has 2 N–H and O–H groups in total. The second-order valence-electron chi connectivity index (χ2n) is 3.66. The van der Waals surface area contributed by atoms with Gasteiger partial charge < -0.3 is 10.6 Å². The minimum atomic E-state index is -0.831. The van der Waals surface area contributed by atoms with Gasteiger partial charge >= 0.3 is 0 Å². The first-order valence-corrected chi connectivity index (χ1v) is 5.54. The lowest BCUT2D eigenvalue weighted by molar-refractivity contribution is -0.120. The molecule has 0 heterocycles. The van der Waals surface area contributed by atoms with E-state index in [9.17, 15) is 18.4 Å². The first kappa shape index (κ1) is 14.1. The number of nitrogens with one attached hydrogen (secondary N) is 2. The molecule has 0 bridgehead atoms. The van der Waals surface area contributed by atoms with Gasteiger partial charge in [-0.25, -0.2) is 8.78 Å². The van der Waals surface area contributed by atoms with Crippen LogP contribution in [-0.2, 0) is 4.79 Å². The molecule has 0 aliphatic carbocycles. The van der Waals surface area contributed by atoms with Crippen molar-refractivity contribution in [1.29, 1.82) is 0 Å². The van der Waals surface area contributed by atoms with Gasteiger partial charge in [-0.2, -0.15) is 0 Å². The minimum Gasteiger partial charge on any atom is -0.355 e. The molecule has 0 radical (unpaired) electrons. The van der Waals surface area contributed by atoms with E-state index in [1.807, 2.05) is 6.92 Å². The van der Waals surface area contributed by atoms with Gasteiger partial charge in [0.15, 0.2) is 0 Å². The van der Waals surface area contributed by atoms with Crippen molar-refractivity contribution >= 4 is 11.8 Å². The highest BCUT2D eigenvalue weighted by atomic mass is 19.1. The predicted octanol–water partition coefficient (Wildman–Crippen LogP) is 1.22. The molecular formula is C12H14F2N2O2. The van der Waals surface area contributed by atoms with Gasteiger partial charge in [-0.3, -0.25) is 9.59 Å². The van der Waals surface area contributed by atoms with Gasteiger partial charge in [0.2, 0.25) is 5.91 Å². The third kappa shape index (κ3) is 4.12. The van der Waals surface area contributed by atoms with E-state index >= 15 is 0 Å². The number of rotatable bonds is 5. The van der Waals surface area contributed by atoms with E-state index < -0.39 is 23.1 Å². The summed E-state index contributed by atoms with van der Waals surface area (Å²) < 4.78 is 26.1. The zero-order chi connectivity index (χ0) is 13.5. The number of carbonyl (C=O) groups is 2. The lowest BCUT2D eigenvalue weighted by atomic mass is 10.2. The van der Waals surface area contributed by atoms with Gasteiger partial charge in [0.05, 0.1) is 12.1 Å². The maximum atomic E-state index is 13.2. The molecule has 2 amide bonds. The maximum absolute atomic E-state index is 13.2. The van der Waals surface area contributed by atoms with E-state index in [-0.39, 0.29) is 12.5 Å². The number of amides is 2. The quantitative estimate of drug-likeness (QED) is 0.832. The first-order chi connectivity index (χ1) is 8.54. The highest BCUT2D eigenvalue weighted by molar-refractivity contribution is 5.96. The van der Waals surface area contributed by atoms with Crippen LogP contribution in [0.15, 0.2) is 18.2 Å². The molecular weight excluding hydrogens is 242 g/mol. The summed E-state index contributed by atoms with van der Waals surface area (Å²) in [5, 5.41) is 4.76. The fourth-order valence-corrected chi connectivity index (χ4v) is 1.25. The number of carbonyl (C=O) groups excluding carboxylic acids is 2. The highest BCUT2D eigenvalue weighted by Gasteiger charge is 2.13. The van der Waals surface area contributed by atoms with E-state index in [1.54, 1.807) is 0 Å². The van der Waals surface area contributed by atoms with E-state index in [0.717, 1.165) is 24.6 Å². The molecule has 0 aliphatic rings. The van der Waals surface area contributed by atoms with Crippen LogP contribution in [-0.4, -0.2) is 24.9 Å². The average molecular weight is 256 g/mol. The van der Waals surface area contributed by atoms with Crippen LogP contribution in [0.3, 0.4) is 0 Å². The topological polar surface area (TPSA) is 58.2 Å². The third-order valence-electron chi connectivity index (χ3n) is 2.15. The van der Waals surface area contributed by atoms with Crippen molar-refractivity contribution in [2.24, 2.45) is 0 Å². The van der Waals surface area contributed by atoms with Crippen LogP contribution in [0, 0.1) is 11.6 Å². The second kappa shape index (κ2) is 6.68. The summed E-state index contributed by atoms with van der Waals surface area (Å²) in [5.74, 6) is -2.74. The van der Waals surface area contributed by atoms with Gasteiger partial charge in [-0.05, 0) is 24.6 Å². The summed E-state index contributed by atoms with van der Waals surface area (Å²) in [6.07, 6.45) is 0.776. The van der Waals surface area contributed by atoms with Crippen LogP contribution in [0.4, 0.5) is 8.78 Å². The Kier molecular flexibility index (Phi) is 5.23. The van der Waals surface area contributed by atoms with E-state index in [0.29, 0.717) is 6.54 Å². The van der Waals surface area contributed by atoms with Crippen LogP contribution in [0.5, 0.6) is 0 Å². The zero-order valence-corrected chi connectivity index (χ0v) is 9.93. The summed E-state index contributed by atoms with van der Waals surface area (Å²) in [5.41, 5.74) is -0.418. The summed E-state index contributed by atoms with van der Waals surface area (Å²) >= 11 is 0. The zero-order valence-electron chi connectivity index (χ0n) is 9.93. The Bertz CT molecular complexity index is 450. The highest BCUT2D eigenvalue weighted by Crippen LogP contribution is 2.09. The fraction of sp³-hybridized carbons (Fsp3) is 0.333. The second-order valence-corrected chi connectivity index (χ2v) is 3.66. The lowest BCUT2D eigenvalue weighted by Gasteiger charge is -2.06. The lowest BCUT2D eigenvalue weighted by Crippen LogP contribution is -2.37. The van der Waals surface area contributed by atoms with Gasteiger partial charge in [0, 0.05) is 6.54 Å². The molecule has 0 atom stereocenters. The van der Waals surface area contributed by atoms with Crippen molar-refractivity contribution in [3.05, 3.63) is 35.4 Å². The summed E-state index contributed by atoms with van der Waals surface area (Å²) in [6, 6.07) is 2.57. The number of hydrogen-bond acceptors (Lipinski definition) is 2. The molecule has 1 aromatic carbocycles. The van der Waals surface area contributed by atoms with E-state index in [2.05, 4.69) is 10.6 Å². The van der Waals surface area contributed by atoms with Gasteiger partial charge in [0.25, 0.3) is 5.91 Å². The first-order valence-electron chi connectivity index (χ1n) is 5.54. The Hall–Kier alpha value is -1.98. The van der Waals surface area contributed by atoms with Crippen molar-refractivity contribution in [2.75, 3.05) is 13.1 Å². The summed E-state index contributed by atoms with van der Waals surface area (Å²) in [4.78, 5) is 22.7. The smallest absolute Gasteiger partial charge is 0.254 e. The minimum absolute atomic E-state index is 0.269. The normalized spacial score (nSPS) is 9.94. The van der Waals surface area contributed by atoms with Crippen molar-refractivity contribution in [3.8, 4) is 0 Å². The van der Waals surface area contributed by atoms with Crippen LogP contribution in [0.25, 0.3) is 0 Å². The molecule has 0 fully saturated rings. The van der Waals surface area contributed by atoms with Gasteiger partial charge in [-0.1, -0.05) is 6.92 Å². The average Bonchev–Trinajstić information content (AvgIpc) is 2.36.